The van der Waals surface area contributed by atoms with Gasteiger partial charge in [-0.3, -0.25) is 19.2 Å². The molecule has 2 N–H and O–H groups in total. The zero-order valence-electron chi connectivity index (χ0n) is 22.6. The minimum Gasteiger partial charge on any atom is -0.345 e. The molecule has 0 heterocycles. The maximum absolute atomic E-state index is 13.2. The van der Waals surface area contributed by atoms with Gasteiger partial charge in [0.05, 0.1) is 12.1 Å². The first-order chi connectivity index (χ1) is 14.1. The smallest absolute Gasteiger partial charge is 0.237 e. The average Bonchev–Trinajstić information content (AvgIpc) is 2.57. The summed E-state index contributed by atoms with van der Waals surface area (Å²) in [7, 11) is 0. The zero-order valence-corrected chi connectivity index (χ0v) is 22.6. The van der Waals surface area contributed by atoms with E-state index in [4.69, 9.17) is 0 Å². The van der Waals surface area contributed by atoms with Gasteiger partial charge in [-0.2, -0.15) is 0 Å². The molecule has 0 fully saturated rings. The first kappa shape index (κ1) is 30.4. The summed E-state index contributed by atoms with van der Waals surface area (Å²) in [6, 6.07) is -1.37. The molecule has 2 atom stereocenters. The van der Waals surface area contributed by atoms with Crippen LogP contribution in [0.25, 0.3) is 0 Å². The second-order valence-electron chi connectivity index (χ2n) is 13.0. The van der Waals surface area contributed by atoms with E-state index in [9.17, 15) is 19.2 Å². The van der Waals surface area contributed by atoms with Gasteiger partial charge in [0.1, 0.15) is 11.6 Å². The molecule has 6 nitrogen and oxygen atoms in total. The lowest BCUT2D eigenvalue weighted by Gasteiger charge is -2.31. The van der Waals surface area contributed by atoms with E-state index in [2.05, 4.69) is 10.6 Å². The summed E-state index contributed by atoms with van der Waals surface area (Å²) in [6.07, 6.45) is 1.10. The Morgan fingerprint density at radius 1 is 0.594 bits per heavy atom. The number of nitrogens with one attached hydrogen (secondary N) is 2. The quantitative estimate of drug-likeness (QED) is 0.504. The normalized spacial score (nSPS) is 15.1. The molecule has 186 valence electrons. The third-order valence-corrected chi connectivity index (χ3v) is 5.29. The molecule has 0 radical (unpaired) electrons. The van der Waals surface area contributed by atoms with Crippen LogP contribution in [0.15, 0.2) is 0 Å². The molecule has 0 saturated heterocycles. The van der Waals surface area contributed by atoms with E-state index in [0.717, 1.165) is 0 Å². The molecule has 32 heavy (non-hydrogen) atoms. The summed E-state index contributed by atoms with van der Waals surface area (Å²) >= 11 is 0. The lowest BCUT2D eigenvalue weighted by atomic mass is 9.82. The van der Waals surface area contributed by atoms with Gasteiger partial charge in [-0.1, -0.05) is 62.3 Å². The first-order valence-corrected chi connectivity index (χ1v) is 11.7. The third kappa shape index (κ3) is 11.3. The highest BCUT2D eigenvalue weighted by Gasteiger charge is 2.35. The molecular formula is C26H48N2O4. The van der Waals surface area contributed by atoms with E-state index < -0.39 is 28.3 Å². The van der Waals surface area contributed by atoms with Crippen LogP contribution in [0.3, 0.4) is 0 Å². The van der Waals surface area contributed by atoms with Crippen molar-refractivity contribution in [2.45, 2.75) is 126 Å². The Labute approximate surface area is 196 Å². The molecule has 0 aliphatic rings. The van der Waals surface area contributed by atoms with E-state index >= 15 is 0 Å². The minimum atomic E-state index is -0.753. The monoisotopic (exact) mass is 452 g/mol. The predicted octanol–water partition coefficient (Wildman–Crippen LogP) is 4.63. The molecule has 1 amide bonds. The van der Waals surface area contributed by atoms with E-state index in [-0.39, 0.29) is 48.1 Å². The molecule has 6 heteroatoms. The minimum absolute atomic E-state index is 0.0543. The summed E-state index contributed by atoms with van der Waals surface area (Å²) < 4.78 is 0. The summed E-state index contributed by atoms with van der Waals surface area (Å²) in [6.45, 7) is 22.5. The summed E-state index contributed by atoms with van der Waals surface area (Å²) in [5.74, 6) is -0.275. The van der Waals surface area contributed by atoms with Crippen LogP contribution in [0.1, 0.15) is 109 Å². The number of carbonyl (C=O) groups is 4. The number of rotatable bonds is 10. The predicted molar refractivity (Wildman–Crippen MR) is 130 cm³/mol. The van der Waals surface area contributed by atoms with E-state index in [1.165, 1.54) is 0 Å². The van der Waals surface area contributed by atoms with Gasteiger partial charge in [-0.15, -0.1) is 0 Å². The van der Waals surface area contributed by atoms with Crippen LogP contribution in [0.5, 0.6) is 0 Å². The Hall–Kier alpha value is -1.56. The van der Waals surface area contributed by atoms with Gasteiger partial charge in [-0.25, -0.2) is 0 Å². The number of hydrogen-bond donors (Lipinski definition) is 2. The fraction of sp³-hybridized carbons (Fsp3) is 0.846. The van der Waals surface area contributed by atoms with E-state index in [1.54, 1.807) is 0 Å². The average molecular weight is 453 g/mol. The largest absolute Gasteiger partial charge is 0.345 e. The number of carbonyl (C=O) groups excluding carboxylic acids is 4. The van der Waals surface area contributed by atoms with Crippen LogP contribution in [-0.2, 0) is 19.2 Å². The highest BCUT2D eigenvalue weighted by Crippen LogP contribution is 2.23. The second-order valence-corrected chi connectivity index (χ2v) is 13.0. The first-order valence-electron chi connectivity index (χ1n) is 11.7. The van der Waals surface area contributed by atoms with Crippen molar-refractivity contribution in [3.8, 4) is 0 Å². The molecule has 0 aliphatic heterocycles. The number of ketones is 3. The Balaban J connectivity index is 5.61. The van der Waals surface area contributed by atoms with Crippen molar-refractivity contribution < 1.29 is 19.2 Å². The Morgan fingerprint density at radius 2 is 0.969 bits per heavy atom. The topological polar surface area (TPSA) is 92.3 Å². The van der Waals surface area contributed by atoms with Gasteiger partial charge in [0.2, 0.25) is 5.91 Å². The van der Waals surface area contributed by atoms with Crippen molar-refractivity contribution in [2.75, 3.05) is 0 Å². The van der Waals surface area contributed by atoms with Crippen LogP contribution in [0.4, 0.5) is 0 Å². The number of hydrogen-bond acceptors (Lipinski definition) is 5. The van der Waals surface area contributed by atoms with E-state index in [1.807, 2.05) is 83.1 Å². The maximum Gasteiger partial charge on any atom is 0.237 e. The second kappa shape index (κ2) is 11.0. The van der Waals surface area contributed by atoms with Crippen molar-refractivity contribution in [1.29, 1.82) is 0 Å². The summed E-state index contributed by atoms with van der Waals surface area (Å²) in [5, 5.41) is 6.19. The van der Waals surface area contributed by atoms with Crippen LogP contribution in [0.2, 0.25) is 0 Å². The van der Waals surface area contributed by atoms with Crippen LogP contribution in [0, 0.1) is 16.2 Å². The number of amides is 1. The fourth-order valence-electron chi connectivity index (χ4n) is 3.16. The van der Waals surface area contributed by atoms with Crippen molar-refractivity contribution in [3.05, 3.63) is 0 Å². The summed E-state index contributed by atoms with van der Waals surface area (Å²) in [5.41, 5.74) is -1.97. The molecular weight excluding hydrogens is 404 g/mol. The molecule has 0 spiro atoms. The van der Waals surface area contributed by atoms with Gasteiger partial charge in [0.25, 0.3) is 0 Å². The van der Waals surface area contributed by atoms with Crippen LogP contribution < -0.4 is 10.6 Å². The van der Waals surface area contributed by atoms with Gasteiger partial charge < -0.3 is 10.6 Å². The highest BCUT2D eigenvalue weighted by atomic mass is 16.2. The zero-order chi connectivity index (χ0) is 25.7. The maximum atomic E-state index is 13.2. The lowest BCUT2D eigenvalue weighted by Crippen LogP contribution is -2.56. The van der Waals surface area contributed by atoms with Gasteiger partial charge in [0, 0.05) is 34.6 Å². The summed E-state index contributed by atoms with van der Waals surface area (Å²) in [4.78, 5) is 51.2. The molecule has 0 rings (SSSR count). The van der Waals surface area contributed by atoms with Crippen molar-refractivity contribution in [3.63, 3.8) is 0 Å². The fourth-order valence-corrected chi connectivity index (χ4v) is 3.16. The molecule has 0 aromatic heterocycles. The highest BCUT2D eigenvalue weighted by molar-refractivity contribution is 5.94. The van der Waals surface area contributed by atoms with Crippen molar-refractivity contribution in [2.24, 2.45) is 16.2 Å². The van der Waals surface area contributed by atoms with Crippen LogP contribution >= 0.6 is 0 Å². The third-order valence-electron chi connectivity index (χ3n) is 5.29. The molecule has 0 aliphatic carbocycles. The van der Waals surface area contributed by atoms with Crippen LogP contribution in [-0.4, -0.2) is 40.9 Å². The Kier molecular flexibility index (Phi) is 10.5. The van der Waals surface area contributed by atoms with E-state index in [0.29, 0.717) is 6.42 Å². The van der Waals surface area contributed by atoms with Crippen molar-refractivity contribution in [1.82, 2.24) is 10.6 Å². The SMILES string of the molecule is CC(C)(C)NC(CCC(=O)C(C)(C)C)C(=O)NC(CCC(=O)C(C)(C)C)C(=O)C(C)(C)C. The molecule has 0 aromatic carbocycles. The molecule has 0 bridgehead atoms. The standard InChI is InChI=1S/C26H48N2O4/c1-23(2,3)19(29)15-13-17(21(31)25(7,8)9)27-22(32)18(28-26(10,11)12)14-16-20(30)24(4,5)6/h17-18,28H,13-16H2,1-12H3,(H,27,32). The lowest BCUT2D eigenvalue weighted by molar-refractivity contribution is -0.134. The molecule has 2 unspecified atom stereocenters. The Morgan fingerprint density at radius 3 is 1.28 bits per heavy atom. The Bertz CT molecular complexity index is 683. The van der Waals surface area contributed by atoms with Gasteiger partial charge >= 0.3 is 0 Å². The van der Waals surface area contributed by atoms with Crippen molar-refractivity contribution >= 4 is 23.3 Å². The van der Waals surface area contributed by atoms with Gasteiger partial charge in [-0.05, 0) is 33.6 Å². The van der Waals surface area contributed by atoms with Gasteiger partial charge in [0.15, 0.2) is 5.78 Å². The molecule has 0 aromatic rings. The molecule has 0 saturated carbocycles. The number of Topliss-reactive ketones (excluding diaryl/α,β-unsaturated/α-hetero) is 3.